The second-order valence-corrected chi connectivity index (χ2v) is 6.89. The molecule has 0 aliphatic carbocycles. The third-order valence-electron chi connectivity index (χ3n) is 3.94. The lowest BCUT2D eigenvalue weighted by Gasteiger charge is -2.20. The molecule has 5 nitrogen and oxygen atoms in total. The summed E-state index contributed by atoms with van der Waals surface area (Å²) < 4.78 is 5.25. The van der Waals surface area contributed by atoms with Gasteiger partial charge in [-0.15, -0.1) is 11.3 Å². The van der Waals surface area contributed by atoms with Gasteiger partial charge in [0.05, 0.1) is 17.8 Å². The summed E-state index contributed by atoms with van der Waals surface area (Å²) in [6, 6.07) is 9.37. The van der Waals surface area contributed by atoms with Crippen LogP contribution in [0.2, 0.25) is 0 Å². The van der Waals surface area contributed by atoms with Crippen LogP contribution in [-0.4, -0.2) is 35.3 Å². The number of nitrogens with one attached hydrogen (secondary N) is 1. The monoisotopic (exact) mass is 348 g/mol. The molecular weight excluding hydrogens is 324 g/mol. The Bertz CT molecular complexity index is 672. The average molecular weight is 348 g/mol. The van der Waals surface area contributed by atoms with E-state index in [9.17, 15) is 9.90 Å². The van der Waals surface area contributed by atoms with E-state index >= 15 is 0 Å². The number of carbonyl (C=O) groups excluding carboxylic acids is 1. The average Bonchev–Trinajstić information content (AvgIpc) is 2.96. The van der Waals surface area contributed by atoms with Crippen LogP contribution in [0.3, 0.4) is 0 Å². The van der Waals surface area contributed by atoms with E-state index in [0.717, 1.165) is 10.6 Å². The van der Waals surface area contributed by atoms with Crippen LogP contribution in [0.5, 0.6) is 0 Å². The molecule has 2 N–H and O–H groups in total. The summed E-state index contributed by atoms with van der Waals surface area (Å²) in [5.41, 5.74) is 1.72. The number of carbonyl (C=O) groups is 1. The topological polar surface area (TPSA) is 71.5 Å². The normalized spacial score (nSPS) is 14.9. The maximum atomic E-state index is 12.5. The predicted molar refractivity (Wildman–Crippen MR) is 95.4 cm³/mol. The number of thiazole rings is 1. The van der Waals surface area contributed by atoms with Gasteiger partial charge in [0.25, 0.3) is 5.91 Å². The van der Waals surface area contributed by atoms with E-state index in [4.69, 9.17) is 4.74 Å². The Morgan fingerprint density at radius 1 is 1.33 bits per heavy atom. The van der Waals surface area contributed by atoms with E-state index in [1.807, 2.05) is 44.2 Å². The molecular formula is C18H24N2O3S. The lowest BCUT2D eigenvalue weighted by Crippen LogP contribution is -2.42. The summed E-state index contributed by atoms with van der Waals surface area (Å²) in [6.07, 6.45) is -0.297. The van der Waals surface area contributed by atoms with Crippen molar-refractivity contribution in [3.8, 4) is 0 Å². The van der Waals surface area contributed by atoms with Gasteiger partial charge in [-0.1, -0.05) is 30.3 Å². The van der Waals surface area contributed by atoms with Crippen molar-refractivity contribution >= 4 is 17.2 Å². The van der Waals surface area contributed by atoms with Gasteiger partial charge in [0.2, 0.25) is 0 Å². The summed E-state index contributed by atoms with van der Waals surface area (Å²) in [5, 5.41) is 14.0. The molecule has 3 atom stereocenters. The maximum absolute atomic E-state index is 12.5. The Hall–Kier alpha value is -1.76. The quantitative estimate of drug-likeness (QED) is 0.807. The Morgan fingerprint density at radius 3 is 2.62 bits per heavy atom. The number of hydrogen-bond acceptors (Lipinski definition) is 5. The fourth-order valence-corrected chi connectivity index (χ4v) is 3.30. The highest BCUT2D eigenvalue weighted by atomic mass is 32.1. The van der Waals surface area contributed by atoms with Crippen molar-refractivity contribution in [2.24, 2.45) is 0 Å². The molecule has 0 unspecified atom stereocenters. The van der Waals surface area contributed by atoms with Crippen molar-refractivity contribution in [3.63, 3.8) is 0 Å². The van der Waals surface area contributed by atoms with Crippen LogP contribution < -0.4 is 5.32 Å². The summed E-state index contributed by atoms with van der Waals surface area (Å²) in [5.74, 6) is -0.209. The first-order chi connectivity index (χ1) is 11.4. The van der Waals surface area contributed by atoms with Gasteiger partial charge in [0.1, 0.15) is 16.0 Å². The SMILES string of the molecule is CO[C@H](C)c1nc(C)c(C(=O)N[C@@H](C)[C@@H](O)Cc2ccccc2)s1. The van der Waals surface area contributed by atoms with Crippen molar-refractivity contribution in [2.45, 2.75) is 45.4 Å². The summed E-state index contributed by atoms with van der Waals surface area (Å²) in [4.78, 5) is 17.4. The number of aliphatic hydroxyl groups is 1. The molecule has 2 rings (SSSR count). The van der Waals surface area contributed by atoms with Crippen molar-refractivity contribution in [1.29, 1.82) is 0 Å². The van der Waals surface area contributed by atoms with Crippen LogP contribution in [0.15, 0.2) is 30.3 Å². The highest BCUT2D eigenvalue weighted by molar-refractivity contribution is 7.13. The van der Waals surface area contributed by atoms with Crippen molar-refractivity contribution in [3.05, 3.63) is 51.5 Å². The minimum absolute atomic E-state index is 0.142. The molecule has 0 aliphatic heterocycles. The predicted octanol–water partition coefficient (Wildman–Crippen LogP) is 2.88. The number of ether oxygens (including phenoxy) is 1. The zero-order chi connectivity index (χ0) is 17.7. The van der Waals surface area contributed by atoms with Gasteiger partial charge in [-0.25, -0.2) is 4.98 Å². The molecule has 2 aromatic rings. The first-order valence-electron chi connectivity index (χ1n) is 7.95. The van der Waals surface area contributed by atoms with Gasteiger partial charge in [-0.2, -0.15) is 0 Å². The second-order valence-electron chi connectivity index (χ2n) is 5.86. The van der Waals surface area contributed by atoms with Gasteiger partial charge in [0, 0.05) is 13.5 Å². The standard InChI is InChI=1S/C18H24N2O3S/c1-11(15(21)10-14-8-6-5-7-9-14)19-17(22)16-12(2)20-18(24-16)13(3)23-4/h5-9,11,13,15,21H,10H2,1-4H3,(H,19,22)/t11-,13+,15-/m0/s1. The number of aromatic nitrogens is 1. The Balaban J connectivity index is 1.99. The van der Waals surface area contributed by atoms with E-state index in [1.165, 1.54) is 11.3 Å². The van der Waals surface area contributed by atoms with Crippen LogP contribution in [-0.2, 0) is 11.2 Å². The molecule has 0 saturated carbocycles. The van der Waals surface area contributed by atoms with Crippen molar-refractivity contribution in [1.82, 2.24) is 10.3 Å². The van der Waals surface area contributed by atoms with E-state index in [-0.39, 0.29) is 18.1 Å². The number of benzene rings is 1. The highest BCUT2D eigenvalue weighted by Gasteiger charge is 2.22. The number of aryl methyl sites for hydroxylation is 1. The first kappa shape index (κ1) is 18.6. The van der Waals surface area contributed by atoms with Crippen LogP contribution in [0.25, 0.3) is 0 Å². The van der Waals surface area contributed by atoms with Gasteiger partial charge < -0.3 is 15.2 Å². The lowest BCUT2D eigenvalue weighted by atomic mass is 10.0. The fraction of sp³-hybridized carbons (Fsp3) is 0.444. The maximum Gasteiger partial charge on any atom is 0.263 e. The molecule has 0 fully saturated rings. The number of aliphatic hydroxyl groups excluding tert-OH is 1. The van der Waals surface area contributed by atoms with Crippen molar-refractivity contribution in [2.75, 3.05) is 7.11 Å². The molecule has 0 bridgehead atoms. The molecule has 24 heavy (non-hydrogen) atoms. The molecule has 1 aromatic heterocycles. The summed E-state index contributed by atoms with van der Waals surface area (Å²) in [6.45, 7) is 5.51. The largest absolute Gasteiger partial charge is 0.391 e. The molecule has 130 valence electrons. The van der Waals surface area contributed by atoms with E-state index in [2.05, 4.69) is 10.3 Å². The third-order valence-corrected chi connectivity index (χ3v) is 5.26. The van der Waals surface area contributed by atoms with Gasteiger partial charge >= 0.3 is 0 Å². The minimum atomic E-state index is -0.651. The Labute approximate surface area is 146 Å². The summed E-state index contributed by atoms with van der Waals surface area (Å²) in [7, 11) is 1.61. The summed E-state index contributed by atoms with van der Waals surface area (Å²) >= 11 is 1.33. The zero-order valence-electron chi connectivity index (χ0n) is 14.4. The Morgan fingerprint density at radius 2 is 2.00 bits per heavy atom. The molecule has 1 amide bonds. The third kappa shape index (κ3) is 4.63. The van der Waals surface area contributed by atoms with Gasteiger partial charge in [-0.05, 0) is 26.3 Å². The minimum Gasteiger partial charge on any atom is -0.391 e. The van der Waals surface area contributed by atoms with E-state index < -0.39 is 6.10 Å². The van der Waals surface area contributed by atoms with E-state index in [1.54, 1.807) is 14.0 Å². The number of rotatable bonds is 7. The van der Waals surface area contributed by atoms with Gasteiger partial charge in [-0.3, -0.25) is 4.79 Å². The molecule has 0 spiro atoms. The molecule has 0 aliphatic rings. The van der Waals surface area contributed by atoms with Gasteiger partial charge in [0.15, 0.2) is 0 Å². The second kappa shape index (κ2) is 8.37. The molecule has 0 radical (unpaired) electrons. The Kier molecular flexibility index (Phi) is 6.48. The molecule has 6 heteroatoms. The van der Waals surface area contributed by atoms with Crippen LogP contribution in [0, 0.1) is 6.92 Å². The molecule has 0 saturated heterocycles. The van der Waals surface area contributed by atoms with Crippen LogP contribution in [0.1, 0.15) is 45.9 Å². The van der Waals surface area contributed by atoms with Crippen molar-refractivity contribution < 1.29 is 14.6 Å². The first-order valence-corrected chi connectivity index (χ1v) is 8.77. The smallest absolute Gasteiger partial charge is 0.263 e. The fourth-order valence-electron chi connectivity index (χ4n) is 2.30. The molecule has 1 aromatic carbocycles. The highest BCUT2D eigenvalue weighted by Crippen LogP contribution is 2.25. The molecule has 1 heterocycles. The lowest BCUT2D eigenvalue weighted by molar-refractivity contribution is 0.0855. The van der Waals surface area contributed by atoms with E-state index in [0.29, 0.717) is 17.0 Å². The number of methoxy groups -OCH3 is 1. The van der Waals surface area contributed by atoms with Crippen LogP contribution in [0.4, 0.5) is 0 Å². The zero-order valence-corrected chi connectivity index (χ0v) is 15.3. The van der Waals surface area contributed by atoms with Crippen LogP contribution >= 0.6 is 11.3 Å². The number of amides is 1. The number of hydrogen-bond donors (Lipinski definition) is 2. The number of nitrogens with zero attached hydrogens (tertiary/aromatic N) is 1.